The second-order valence-electron chi connectivity index (χ2n) is 4.75. The first-order valence-corrected chi connectivity index (χ1v) is 5.17. The highest BCUT2D eigenvalue weighted by molar-refractivity contribution is 5.10. The number of likely N-dealkylation sites (tertiary alicyclic amines) is 1. The van der Waals surface area contributed by atoms with E-state index in [4.69, 9.17) is 0 Å². The van der Waals surface area contributed by atoms with Gasteiger partial charge in [-0.3, -0.25) is 4.90 Å². The first-order valence-electron chi connectivity index (χ1n) is 5.17. The fourth-order valence-electron chi connectivity index (χ4n) is 2.29. The normalized spacial score (nSPS) is 26.1. The number of hydrogen-bond acceptors (Lipinski definition) is 3. The molecule has 1 heterocycles. The quantitative estimate of drug-likeness (QED) is 0.658. The lowest BCUT2D eigenvalue weighted by molar-refractivity contribution is -0.0842. The second-order valence-corrected chi connectivity index (χ2v) is 4.75. The Balaban J connectivity index is 1.96. The minimum absolute atomic E-state index is 0.0794. The first-order chi connectivity index (χ1) is 6.20. The zero-order chi connectivity index (χ0) is 9.53. The van der Waals surface area contributed by atoms with Gasteiger partial charge in [-0.1, -0.05) is 6.92 Å². The molecule has 2 N–H and O–H groups in total. The summed E-state index contributed by atoms with van der Waals surface area (Å²) in [4.78, 5) is 2.25. The van der Waals surface area contributed by atoms with Gasteiger partial charge in [0.1, 0.15) is 0 Å². The summed E-state index contributed by atoms with van der Waals surface area (Å²) in [6, 6.07) is 0. The van der Waals surface area contributed by atoms with Crippen LogP contribution in [0.25, 0.3) is 0 Å². The number of aliphatic hydroxyl groups excluding tert-OH is 2. The number of rotatable bonds is 4. The summed E-state index contributed by atoms with van der Waals surface area (Å²) in [6.07, 6.45) is 3.52. The predicted octanol–water partition coefficient (Wildman–Crippen LogP) is 0.216. The van der Waals surface area contributed by atoms with Crippen LogP contribution in [-0.4, -0.2) is 47.0 Å². The van der Waals surface area contributed by atoms with Crippen molar-refractivity contribution in [3.8, 4) is 0 Å². The molecule has 3 heteroatoms. The van der Waals surface area contributed by atoms with Crippen molar-refractivity contribution in [2.75, 3.05) is 26.3 Å². The van der Waals surface area contributed by atoms with E-state index < -0.39 is 0 Å². The fourth-order valence-corrected chi connectivity index (χ4v) is 2.29. The largest absolute Gasteiger partial charge is 0.394 e. The lowest BCUT2D eigenvalue weighted by Gasteiger charge is -2.51. The van der Waals surface area contributed by atoms with E-state index >= 15 is 0 Å². The van der Waals surface area contributed by atoms with Crippen LogP contribution in [0.2, 0.25) is 0 Å². The van der Waals surface area contributed by atoms with Gasteiger partial charge in [-0.25, -0.2) is 0 Å². The van der Waals surface area contributed by atoms with E-state index in [9.17, 15) is 10.2 Å². The van der Waals surface area contributed by atoms with Crippen molar-refractivity contribution in [2.45, 2.75) is 31.7 Å². The maximum Gasteiger partial charge on any atom is 0.0670 e. The van der Waals surface area contributed by atoms with Gasteiger partial charge in [0.05, 0.1) is 18.8 Å². The molecule has 1 saturated carbocycles. The summed E-state index contributed by atoms with van der Waals surface area (Å²) < 4.78 is 0. The molecule has 0 amide bonds. The molecule has 0 radical (unpaired) electrons. The fraction of sp³-hybridized carbons (Fsp3) is 1.00. The van der Waals surface area contributed by atoms with Crippen LogP contribution in [0.4, 0.5) is 0 Å². The van der Waals surface area contributed by atoms with Gasteiger partial charge in [-0.15, -0.1) is 0 Å². The van der Waals surface area contributed by atoms with Gasteiger partial charge < -0.3 is 10.2 Å². The standard InChI is InChI=1S/C10H19NO2/c1-2-10(7-12,8-13)11-5-9(6-11)3-4-9/h12-13H,2-8H2,1H3. The highest BCUT2D eigenvalue weighted by Crippen LogP contribution is 2.54. The van der Waals surface area contributed by atoms with Crippen molar-refractivity contribution in [3.05, 3.63) is 0 Å². The molecule has 1 aliphatic carbocycles. The highest BCUT2D eigenvalue weighted by Gasteiger charge is 2.56. The minimum Gasteiger partial charge on any atom is -0.394 e. The van der Waals surface area contributed by atoms with Gasteiger partial charge in [-0.2, -0.15) is 0 Å². The van der Waals surface area contributed by atoms with E-state index in [1.807, 2.05) is 6.92 Å². The Morgan fingerprint density at radius 1 is 1.23 bits per heavy atom. The number of hydrogen-bond donors (Lipinski definition) is 2. The van der Waals surface area contributed by atoms with Crippen molar-refractivity contribution in [3.63, 3.8) is 0 Å². The average Bonchev–Trinajstić information content (AvgIpc) is 2.87. The molecular weight excluding hydrogens is 166 g/mol. The molecule has 1 saturated heterocycles. The zero-order valence-corrected chi connectivity index (χ0v) is 8.29. The van der Waals surface area contributed by atoms with Gasteiger partial charge in [0.25, 0.3) is 0 Å². The zero-order valence-electron chi connectivity index (χ0n) is 8.29. The molecule has 0 aromatic heterocycles. The van der Waals surface area contributed by atoms with Crippen molar-refractivity contribution in [1.29, 1.82) is 0 Å². The van der Waals surface area contributed by atoms with Crippen molar-refractivity contribution in [1.82, 2.24) is 4.90 Å². The van der Waals surface area contributed by atoms with Crippen LogP contribution in [0.3, 0.4) is 0 Å². The van der Waals surface area contributed by atoms with E-state index in [1.54, 1.807) is 0 Å². The molecule has 13 heavy (non-hydrogen) atoms. The Morgan fingerprint density at radius 3 is 2.08 bits per heavy atom. The van der Waals surface area contributed by atoms with E-state index in [1.165, 1.54) is 12.8 Å². The molecule has 0 unspecified atom stereocenters. The van der Waals surface area contributed by atoms with Gasteiger partial charge in [-0.05, 0) is 24.7 Å². The van der Waals surface area contributed by atoms with E-state index in [0.717, 1.165) is 19.5 Å². The molecule has 3 nitrogen and oxygen atoms in total. The summed E-state index contributed by atoms with van der Waals surface area (Å²) >= 11 is 0. The lowest BCUT2D eigenvalue weighted by atomic mass is 9.86. The first kappa shape index (κ1) is 9.44. The van der Waals surface area contributed by atoms with E-state index in [-0.39, 0.29) is 18.8 Å². The smallest absolute Gasteiger partial charge is 0.0670 e. The molecular formula is C10H19NO2. The Bertz CT molecular complexity index is 181. The Morgan fingerprint density at radius 2 is 1.77 bits per heavy atom. The molecule has 2 rings (SSSR count). The van der Waals surface area contributed by atoms with Crippen LogP contribution in [0.1, 0.15) is 26.2 Å². The summed E-state index contributed by atoms with van der Waals surface area (Å²) in [5, 5.41) is 18.6. The summed E-state index contributed by atoms with van der Waals surface area (Å²) in [5.74, 6) is 0. The average molecular weight is 185 g/mol. The van der Waals surface area contributed by atoms with Crippen LogP contribution >= 0.6 is 0 Å². The van der Waals surface area contributed by atoms with Crippen LogP contribution in [0, 0.1) is 5.41 Å². The third kappa shape index (κ3) is 1.30. The monoisotopic (exact) mass is 185 g/mol. The van der Waals surface area contributed by atoms with Crippen LogP contribution in [0.5, 0.6) is 0 Å². The van der Waals surface area contributed by atoms with E-state index in [0.29, 0.717) is 5.41 Å². The molecule has 0 bridgehead atoms. The Hall–Kier alpha value is -0.120. The van der Waals surface area contributed by atoms with Crippen molar-refractivity contribution in [2.24, 2.45) is 5.41 Å². The lowest BCUT2D eigenvalue weighted by Crippen LogP contribution is -2.64. The van der Waals surface area contributed by atoms with Gasteiger partial charge in [0.2, 0.25) is 0 Å². The third-order valence-corrected chi connectivity index (χ3v) is 3.93. The van der Waals surface area contributed by atoms with Crippen LogP contribution in [-0.2, 0) is 0 Å². The summed E-state index contributed by atoms with van der Waals surface area (Å²) in [6.45, 7) is 4.36. The molecule has 2 fully saturated rings. The molecule has 0 atom stereocenters. The van der Waals surface area contributed by atoms with Gasteiger partial charge in [0.15, 0.2) is 0 Å². The second kappa shape index (κ2) is 2.94. The number of aliphatic hydroxyl groups is 2. The maximum atomic E-state index is 9.30. The molecule has 0 aromatic carbocycles. The van der Waals surface area contributed by atoms with Crippen LogP contribution in [0.15, 0.2) is 0 Å². The topological polar surface area (TPSA) is 43.7 Å². The minimum atomic E-state index is -0.339. The van der Waals surface area contributed by atoms with Crippen molar-refractivity contribution < 1.29 is 10.2 Å². The Labute approximate surface area is 79.4 Å². The molecule has 76 valence electrons. The SMILES string of the molecule is CCC(CO)(CO)N1CC2(CC2)C1. The third-order valence-electron chi connectivity index (χ3n) is 3.93. The van der Waals surface area contributed by atoms with Crippen molar-refractivity contribution >= 4 is 0 Å². The molecule has 2 aliphatic rings. The molecule has 0 aromatic rings. The Kier molecular flexibility index (Phi) is 2.13. The summed E-state index contributed by atoms with van der Waals surface area (Å²) in [7, 11) is 0. The van der Waals surface area contributed by atoms with Gasteiger partial charge >= 0.3 is 0 Å². The highest BCUT2D eigenvalue weighted by atomic mass is 16.3. The predicted molar refractivity (Wildman–Crippen MR) is 50.4 cm³/mol. The van der Waals surface area contributed by atoms with Gasteiger partial charge in [0, 0.05) is 13.1 Å². The molecule has 1 aliphatic heterocycles. The number of nitrogens with zero attached hydrogens (tertiary/aromatic N) is 1. The molecule has 1 spiro atoms. The summed E-state index contributed by atoms with van der Waals surface area (Å²) in [5.41, 5.74) is 0.263. The van der Waals surface area contributed by atoms with E-state index in [2.05, 4.69) is 4.90 Å². The maximum absolute atomic E-state index is 9.30. The van der Waals surface area contributed by atoms with Crippen LogP contribution < -0.4 is 0 Å².